The van der Waals surface area contributed by atoms with Gasteiger partial charge in [0.25, 0.3) is 10.2 Å². The summed E-state index contributed by atoms with van der Waals surface area (Å²) in [5.41, 5.74) is 0. The lowest BCUT2D eigenvalue weighted by atomic mass is 9.87. The second-order valence-electron chi connectivity index (χ2n) is 4.58. The molecule has 1 fully saturated rings. The lowest BCUT2D eigenvalue weighted by Gasteiger charge is -2.31. The summed E-state index contributed by atoms with van der Waals surface area (Å²) < 4.78 is 28.4. The molecule has 0 aromatic rings. The van der Waals surface area contributed by atoms with E-state index >= 15 is 0 Å². The summed E-state index contributed by atoms with van der Waals surface area (Å²) in [5, 5.41) is 0. The van der Waals surface area contributed by atoms with Crippen LogP contribution in [-0.4, -0.2) is 31.9 Å². The van der Waals surface area contributed by atoms with Crippen LogP contribution >= 0.6 is 0 Å². The predicted octanol–water partition coefficient (Wildman–Crippen LogP) is 1.74. The van der Waals surface area contributed by atoms with Crippen LogP contribution in [0, 0.1) is 5.92 Å². The van der Waals surface area contributed by atoms with E-state index < -0.39 is 10.2 Å². The predicted molar refractivity (Wildman–Crippen MR) is 66.4 cm³/mol. The van der Waals surface area contributed by atoms with Crippen molar-refractivity contribution in [3.8, 4) is 0 Å². The van der Waals surface area contributed by atoms with Crippen molar-refractivity contribution >= 4 is 10.2 Å². The molecule has 0 aromatic heterocycles. The summed E-state index contributed by atoms with van der Waals surface area (Å²) in [6, 6.07) is 0.124. The minimum Gasteiger partial charge on any atom is -0.199 e. The fourth-order valence-electron chi connectivity index (χ4n) is 2.32. The number of hydrogen-bond donors (Lipinski definition) is 1. The van der Waals surface area contributed by atoms with Crippen LogP contribution in [0.2, 0.25) is 0 Å². The third-order valence-electron chi connectivity index (χ3n) is 3.46. The van der Waals surface area contributed by atoms with E-state index in [4.69, 9.17) is 0 Å². The van der Waals surface area contributed by atoms with Gasteiger partial charge in [0, 0.05) is 19.1 Å². The van der Waals surface area contributed by atoms with Crippen molar-refractivity contribution in [3.63, 3.8) is 0 Å². The third kappa shape index (κ3) is 3.43. The summed E-state index contributed by atoms with van der Waals surface area (Å²) in [5.74, 6) is 0.457. The quantitative estimate of drug-likeness (QED) is 0.805. The van der Waals surface area contributed by atoms with Gasteiger partial charge in [0.15, 0.2) is 0 Å². The Morgan fingerprint density at radius 1 is 1.19 bits per heavy atom. The molecular weight excluding hydrogens is 224 g/mol. The van der Waals surface area contributed by atoms with Gasteiger partial charge in [-0.2, -0.15) is 17.4 Å². The largest absolute Gasteiger partial charge is 0.279 e. The zero-order chi connectivity index (χ0) is 12.2. The first kappa shape index (κ1) is 13.9. The monoisotopic (exact) mass is 248 g/mol. The second kappa shape index (κ2) is 5.98. The molecule has 0 aliphatic heterocycles. The van der Waals surface area contributed by atoms with Crippen LogP contribution in [0.1, 0.15) is 46.5 Å². The Hall–Kier alpha value is -0.130. The highest BCUT2D eigenvalue weighted by Crippen LogP contribution is 2.24. The van der Waals surface area contributed by atoms with Gasteiger partial charge in [0.2, 0.25) is 0 Å². The molecule has 0 spiro atoms. The van der Waals surface area contributed by atoms with Crippen LogP contribution in [0.15, 0.2) is 0 Å². The van der Waals surface area contributed by atoms with Crippen LogP contribution < -0.4 is 4.72 Å². The minimum atomic E-state index is -3.27. The van der Waals surface area contributed by atoms with Gasteiger partial charge in [-0.15, -0.1) is 0 Å². The van der Waals surface area contributed by atoms with Crippen molar-refractivity contribution in [3.05, 3.63) is 0 Å². The highest BCUT2D eigenvalue weighted by molar-refractivity contribution is 7.87. The second-order valence-corrected chi connectivity index (χ2v) is 6.28. The van der Waals surface area contributed by atoms with Crippen LogP contribution in [0.4, 0.5) is 0 Å². The van der Waals surface area contributed by atoms with Gasteiger partial charge in [-0.25, -0.2) is 0 Å². The van der Waals surface area contributed by atoms with E-state index in [0.29, 0.717) is 19.0 Å². The molecule has 1 aliphatic rings. The maximum absolute atomic E-state index is 12.0. The van der Waals surface area contributed by atoms with E-state index in [-0.39, 0.29) is 6.04 Å². The van der Waals surface area contributed by atoms with Crippen LogP contribution in [0.5, 0.6) is 0 Å². The summed E-state index contributed by atoms with van der Waals surface area (Å²) >= 11 is 0. The molecule has 1 aliphatic carbocycles. The van der Waals surface area contributed by atoms with Gasteiger partial charge in [-0.05, 0) is 18.8 Å². The van der Waals surface area contributed by atoms with E-state index in [1.54, 1.807) is 0 Å². The van der Waals surface area contributed by atoms with Crippen LogP contribution in [0.3, 0.4) is 0 Å². The SMILES string of the molecule is CCN(CC)S(=O)(=O)NC1CCCCC1C. The molecule has 0 heterocycles. The number of nitrogens with zero attached hydrogens (tertiary/aromatic N) is 1. The van der Waals surface area contributed by atoms with Crippen molar-refractivity contribution < 1.29 is 8.42 Å². The lowest BCUT2D eigenvalue weighted by molar-refractivity contribution is 0.302. The molecule has 0 bridgehead atoms. The molecule has 0 aromatic carbocycles. The molecule has 2 atom stereocenters. The minimum absolute atomic E-state index is 0.124. The summed E-state index contributed by atoms with van der Waals surface area (Å²) in [6.45, 7) is 6.94. The van der Waals surface area contributed by atoms with Crippen molar-refractivity contribution in [2.45, 2.75) is 52.5 Å². The normalized spacial score (nSPS) is 27.2. The lowest BCUT2D eigenvalue weighted by Crippen LogP contribution is -2.48. The number of hydrogen-bond acceptors (Lipinski definition) is 2. The average molecular weight is 248 g/mol. The molecule has 96 valence electrons. The first-order valence-electron chi connectivity index (χ1n) is 6.28. The molecule has 1 saturated carbocycles. The Morgan fingerprint density at radius 2 is 1.75 bits per heavy atom. The van der Waals surface area contributed by atoms with Gasteiger partial charge in [-0.3, -0.25) is 0 Å². The highest BCUT2D eigenvalue weighted by Gasteiger charge is 2.28. The Labute approximate surface area is 99.6 Å². The van der Waals surface area contributed by atoms with E-state index in [0.717, 1.165) is 19.3 Å². The first-order valence-corrected chi connectivity index (χ1v) is 7.72. The maximum atomic E-state index is 12.0. The average Bonchev–Trinajstić information content (AvgIpc) is 2.22. The smallest absolute Gasteiger partial charge is 0.199 e. The van der Waals surface area contributed by atoms with E-state index in [1.165, 1.54) is 10.7 Å². The van der Waals surface area contributed by atoms with Gasteiger partial charge >= 0.3 is 0 Å². The molecular formula is C11H24N2O2S. The van der Waals surface area contributed by atoms with Crippen molar-refractivity contribution in [2.75, 3.05) is 13.1 Å². The molecule has 2 unspecified atom stereocenters. The number of nitrogens with one attached hydrogen (secondary N) is 1. The Kier molecular flexibility index (Phi) is 5.21. The molecule has 0 saturated heterocycles. The summed E-state index contributed by atoms with van der Waals surface area (Å²) in [6.07, 6.45) is 4.47. The van der Waals surface area contributed by atoms with Crippen LogP contribution in [0.25, 0.3) is 0 Å². The van der Waals surface area contributed by atoms with E-state index in [2.05, 4.69) is 11.6 Å². The Balaban J connectivity index is 2.63. The van der Waals surface area contributed by atoms with Crippen molar-refractivity contribution in [1.29, 1.82) is 0 Å². The third-order valence-corrected chi connectivity index (χ3v) is 5.25. The topological polar surface area (TPSA) is 49.4 Å². The highest BCUT2D eigenvalue weighted by atomic mass is 32.2. The van der Waals surface area contributed by atoms with E-state index in [9.17, 15) is 8.42 Å². The van der Waals surface area contributed by atoms with Crippen LogP contribution in [-0.2, 0) is 10.2 Å². The molecule has 1 rings (SSSR count). The van der Waals surface area contributed by atoms with E-state index in [1.807, 2.05) is 13.8 Å². The zero-order valence-corrected chi connectivity index (χ0v) is 11.4. The van der Waals surface area contributed by atoms with Gasteiger partial charge in [-0.1, -0.05) is 33.6 Å². The van der Waals surface area contributed by atoms with Crippen molar-refractivity contribution in [1.82, 2.24) is 9.03 Å². The molecule has 0 radical (unpaired) electrons. The number of rotatable bonds is 5. The summed E-state index contributed by atoms with van der Waals surface area (Å²) in [4.78, 5) is 0. The molecule has 4 nitrogen and oxygen atoms in total. The Bertz CT molecular complexity index is 299. The fraction of sp³-hybridized carbons (Fsp3) is 1.00. The van der Waals surface area contributed by atoms with Gasteiger partial charge in [0.05, 0.1) is 0 Å². The summed E-state index contributed by atoms with van der Waals surface area (Å²) in [7, 11) is -3.27. The standard InChI is InChI=1S/C11H24N2O2S/c1-4-13(5-2)16(14,15)12-11-9-7-6-8-10(11)3/h10-12H,4-9H2,1-3H3. The zero-order valence-electron chi connectivity index (χ0n) is 10.6. The molecule has 5 heteroatoms. The fourth-order valence-corrected chi connectivity index (χ4v) is 3.88. The van der Waals surface area contributed by atoms with Crippen molar-refractivity contribution in [2.24, 2.45) is 5.92 Å². The van der Waals surface area contributed by atoms with Gasteiger partial charge in [0.1, 0.15) is 0 Å². The molecule has 1 N–H and O–H groups in total. The Morgan fingerprint density at radius 3 is 2.25 bits per heavy atom. The molecule has 0 amide bonds. The van der Waals surface area contributed by atoms with Gasteiger partial charge < -0.3 is 0 Å². The maximum Gasteiger partial charge on any atom is 0.279 e. The first-order chi connectivity index (χ1) is 7.51. The molecule has 16 heavy (non-hydrogen) atoms.